The van der Waals surface area contributed by atoms with Gasteiger partial charge in [0.25, 0.3) is 0 Å². The summed E-state index contributed by atoms with van der Waals surface area (Å²) in [5, 5.41) is 0. The van der Waals surface area contributed by atoms with E-state index in [1.165, 1.54) is 45.4 Å². The summed E-state index contributed by atoms with van der Waals surface area (Å²) in [7, 11) is 4.50. The second kappa shape index (κ2) is 3.04. The first kappa shape index (κ1) is 8.58. The third-order valence-corrected chi connectivity index (χ3v) is 3.68. The van der Waals surface area contributed by atoms with Crippen LogP contribution in [0.2, 0.25) is 0 Å². The number of rotatable bonds is 0. The minimum Gasteiger partial charge on any atom is -0.349 e. The van der Waals surface area contributed by atoms with Crippen LogP contribution in [0.3, 0.4) is 0 Å². The number of hydrogen-bond donors (Lipinski definition) is 0. The minimum absolute atomic E-state index is 0.710. The van der Waals surface area contributed by atoms with Gasteiger partial charge in [0, 0.05) is 6.54 Å². The minimum atomic E-state index is 0.710. The van der Waals surface area contributed by atoms with Crippen LogP contribution in [0.4, 0.5) is 0 Å². The summed E-state index contributed by atoms with van der Waals surface area (Å²) in [5.41, 5.74) is 0.710. The van der Waals surface area contributed by atoms with Gasteiger partial charge < -0.3 is 9.71 Å². The zero-order valence-corrected chi connectivity index (χ0v) is 8.34. The molecule has 2 heterocycles. The van der Waals surface area contributed by atoms with Gasteiger partial charge >= 0.3 is 0 Å². The van der Waals surface area contributed by atoms with Crippen molar-refractivity contribution < 1.29 is 0 Å². The fourth-order valence-corrected chi connectivity index (χ4v) is 2.66. The molecule has 0 atom stereocenters. The van der Waals surface area contributed by atoms with Crippen LogP contribution in [0.5, 0.6) is 0 Å². The summed E-state index contributed by atoms with van der Waals surface area (Å²) >= 11 is 0. The number of hydrogen-bond acceptors (Lipinski definition) is 2. The SMILES string of the molecule is BN1CCC2(CC1)CCN(C)C2. The Hall–Kier alpha value is -0.0151. The molecule has 0 saturated carbocycles. The van der Waals surface area contributed by atoms with Gasteiger partial charge in [-0.2, -0.15) is 0 Å². The van der Waals surface area contributed by atoms with E-state index in [9.17, 15) is 0 Å². The van der Waals surface area contributed by atoms with E-state index in [1.54, 1.807) is 0 Å². The van der Waals surface area contributed by atoms with Gasteiger partial charge in [-0.15, -0.1) is 0 Å². The molecule has 0 unspecified atom stereocenters. The Morgan fingerprint density at radius 2 is 1.67 bits per heavy atom. The van der Waals surface area contributed by atoms with Crippen molar-refractivity contribution in [1.29, 1.82) is 0 Å². The molecule has 68 valence electrons. The standard InChI is InChI=1S/C9H19BN2/c1-11-5-2-9(8-11)3-6-12(10)7-4-9/h2-8,10H2,1H3. The van der Waals surface area contributed by atoms with Gasteiger partial charge in [0.15, 0.2) is 7.98 Å². The zero-order chi connectivity index (χ0) is 8.60. The summed E-state index contributed by atoms with van der Waals surface area (Å²) < 4.78 is 0. The lowest BCUT2D eigenvalue weighted by Gasteiger charge is -2.37. The van der Waals surface area contributed by atoms with E-state index < -0.39 is 0 Å². The fourth-order valence-electron chi connectivity index (χ4n) is 2.66. The van der Waals surface area contributed by atoms with E-state index in [2.05, 4.69) is 24.7 Å². The molecular weight excluding hydrogens is 147 g/mol. The molecule has 2 saturated heterocycles. The Morgan fingerprint density at radius 1 is 1.08 bits per heavy atom. The Labute approximate surface area is 76.3 Å². The molecule has 0 N–H and O–H groups in total. The molecule has 3 heteroatoms. The molecule has 0 amide bonds. The first-order chi connectivity index (χ1) is 5.70. The van der Waals surface area contributed by atoms with Crippen molar-refractivity contribution in [3.63, 3.8) is 0 Å². The van der Waals surface area contributed by atoms with Crippen molar-refractivity contribution in [1.82, 2.24) is 9.71 Å². The summed E-state index contributed by atoms with van der Waals surface area (Å²) in [4.78, 5) is 4.95. The molecule has 0 aromatic rings. The highest BCUT2D eigenvalue weighted by atomic mass is 15.1. The molecule has 12 heavy (non-hydrogen) atoms. The normalized spacial score (nSPS) is 31.4. The van der Waals surface area contributed by atoms with Gasteiger partial charge in [-0.05, 0) is 51.4 Å². The molecule has 2 fully saturated rings. The lowest BCUT2D eigenvalue weighted by molar-refractivity contribution is 0.163. The third-order valence-electron chi connectivity index (χ3n) is 3.68. The second-order valence-corrected chi connectivity index (χ2v) is 4.79. The van der Waals surface area contributed by atoms with E-state index >= 15 is 0 Å². The van der Waals surface area contributed by atoms with Crippen LogP contribution in [0.15, 0.2) is 0 Å². The van der Waals surface area contributed by atoms with Crippen molar-refractivity contribution in [3.05, 3.63) is 0 Å². The molecule has 0 bridgehead atoms. The molecule has 0 aromatic carbocycles. The maximum atomic E-state index is 2.49. The van der Waals surface area contributed by atoms with Gasteiger partial charge in [-0.25, -0.2) is 0 Å². The maximum absolute atomic E-state index is 2.49. The van der Waals surface area contributed by atoms with Crippen molar-refractivity contribution in [2.45, 2.75) is 19.3 Å². The number of likely N-dealkylation sites (tertiary alicyclic amines) is 1. The summed E-state index contributed by atoms with van der Waals surface area (Å²) in [5.74, 6) is 0. The van der Waals surface area contributed by atoms with Crippen LogP contribution in [0.1, 0.15) is 19.3 Å². The Morgan fingerprint density at radius 3 is 2.17 bits per heavy atom. The van der Waals surface area contributed by atoms with E-state index in [4.69, 9.17) is 0 Å². The number of nitrogens with zero attached hydrogens (tertiary/aromatic N) is 2. The van der Waals surface area contributed by atoms with E-state index in [0.717, 1.165) is 0 Å². The Bertz CT molecular complexity index is 164. The van der Waals surface area contributed by atoms with Gasteiger partial charge in [-0.3, -0.25) is 0 Å². The van der Waals surface area contributed by atoms with Gasteiger partial charge in [0.05, 0.1) is 0 Å². The largest absolute Gasteiger partial charge is 0.349 e. The van der Waals surface area contributed by atoms with Crippen molar-refractivity contribution in [3.8, 4) is 0 Å². The summed E-state index contributed by atoms with van der Waals surface area (Å²) in [6, 6.07) is 0. The zero-order valence-electron chi connectivity index (χ0n) is 8.34. The average molecular weight is 166 g/mol. The topological polar surface area (TPSA) is 6.48 Å². The van der Waals surface area contributed by atoms with Crippen molar-refractivity contribution in [2.75, 3.05) is 33.2 Å². The van der Waals surface area contributed by atoms with Crippen LogP contribution in [-0.4, -0.2) is 50.9 Å². The van der Waals surface area contributed by atoms with Crippen LogP contribution in [0.25, 0.3) is 0 Å². The van der Waals surface area contributed by atoms with Gasteiger partial charge in [-0.1, -0.05) is 0 Å². The number of piperidine rings is 1. The van der Waals surface area contributed by atoms with E-state index in [0.29, 0.717) is 5.41 Å². The lowest BCUT2D eigenvalue weighted by atomic mass is 9.77. The fraction of sp³-hybridized carbons (Fsp3) is 1.00. The monoisotopic (exact) mass is 166 g/mol. The summed E-state index contributed by atoms with van der Waals surface area (Å²) in [6.45, 7) is 5.30. The van der Waals surface area contributed by atoms with E-state index in [1.807, 2.05) is 0 Å². The first-order valence-corrected chi connectivity index (χ1v) is 5.07. The molecule has 2 aliphatic rings. The molecular formula is C9H19BN2. The molecule has 0 aliphatic carbocycles. The van der Waals surface area contributed by atoms with Crippen LogP contribution in [0, 0.1) is 5.41 Å². The van der Waals surface area contributed by atoms with Crippen LogP contribution < -0.4 is 0 Å². The average Bonchev–Trinajstić information content (AvgIpc) is 2.40. The highest BCUT2D eigenvalue weighted by Gasteiger charge is 2.38. The van der Waals surface area contributed by atoms with Crippen LogP contribution in [-0.2, 0) is 0 Å². The predicted octanol–water partition coefficient (Wildman–Crippen LogP) is -0.0478. The molecule has 2 rings (SSSR count). The van der Waals surface area contributed by atoms with Crippen molar-refractivity contribution in [2.24, 2.45) is 5.41 Å². The van der Waals surface area contributed by atoms with E-state index in [-0.39, 0.29) is 0 Å². The quantitative estimate of drug-likeness (QED) is 0.465. The Kier molecular flexibility index (Phi) is 2.17. The van der Waals surface area contributed by atoms with Gasteiger partial charge in [0.1, 0.15) is 0 Å². The first-order valence-electron chi connectivity index (χ1n) is 5.07. The Balaban J connectivity index is 1.95. The third kappa shape index (κ3) is 1.53. The van der Waals surface area contributed by atoms with Gasteiger partial charge in [0.2, 0.25) is 0 Å². The summed E-state index contributed by atoms with van der Waals surface area (Å²) in [6.07, 6.45) is 4.29. The molecule has 2 aliphatic heterocycles. The molecule has 0 radical (unpaired) electrons. The lowest BCUT2D eigenvalue weighted by Crippen LogP contribution is -2.39. The predicted molar refractivity (Wildman–Crippen MR) is 53.9 cm³/mol. The van der Waals surface area contributed by atoms with Crippen molar-refractivity contribution >= 4 is 7.98 Å². The molecule has 0 aromatic heterocycles. The molecule has 2 nitrogen and oxygen atoms in total. The highest BCUT2D eigenvalue weighted by Crippen LogP contribution is 2.39. The molecule has 1 spiro atoms. The second-order valence-electron chi connectivity index (χ2n) is 4.79. The smallest absolute Gasteiger partial charge is 0.185 e. The maximum Gasteiger partial charge on any atom is 0.185 e. The highest BCUT2D eigenvalue weighted by molar-refractivity contribution is 6.04. The van der Waals surface area contributed by atoms with Crippen LogP contribution >= 0.6 is 0 Å².